The van der Waals surface area contributed by atoms with Crippen LogP contribution in [0.2, 0.25) is 0 Å². The summed E-state index contributed by atoms with van der Waals surface area (Å²) in [5, 5.41) is 9.62. The Morgan fingerprint density at radius 2 is 0.865 bits per heavy atom. The minimum absolute atomic E-state index is 0.0860. The van der Waals surface area contributed by atoms with Gasteiger partial charge in [0.25, 0.3) is 0 Å². The number of furan rings is 2. The van der Waals surface area contributed by atoms with Crippen molar-refractivity contribution in [2.75, 3.05) is 13.2 Å². The summed E-state index contributed by atoms with van der Waals surface area (Å²) in [6, 6.07) is 0. The molecule has 0 bridgehead atoms. The summed E-state index contributed by atoms with van der Waals surface area (Å²) >= 11 is 0. The zero-order valence-electron chi connectivity index (χ0n) is 34.3. The van der Waals surface area contributed by atoms with E-state index in [1.54, 1.807) is 0 Å². The van der Waals surface area contributed by atoms with Crippen molar-refractivity contribution in [1.29, 1.82) is 0 Å². The lowest BCUT2D eigenvalue weighted by atomic mass is 10.0. The van der Waals surface area contributed by atoms with Crippen LogP contribution in [0, 0.1) is 27.7 Å². The van der Waals surface area contributed by atoms with Crippen LogP contribution in [0.4, 0.5) is 0 Å². The predicted octanol–water partition coefficient (Wildman–Crippen LogP) is 12.0. The lowest BCUT2D eigenvalue weighted by Crippen LogP contribution is -2.28. The van der Waals surface area contributed by atoms with Gasteiger partial charge in [-0.15, -0.1) is 0 Å². The number of ether oxygens (including phenoxy) is 2. The Kier molecular flexibility index (Phi) is 24.5. The van der Waals surface area contributed by atoms with Gasteiger partial charge in [-0.2, -0.15) is 0 Å². The minimum Gasteiger partial charge on any atom is -0.466 e. The molecule has 298 valence electrons. The normalized spacial score (nSPS) is 12.1. The Hall–Kier alpha value is -2.54. The first-order valence-corrected chi connectivity index (χ1v) is 21.3. The van der Waals surface area contributed by atoms with Crippen LogP contribution in [0.25, 0.3) is 0 Å². The molecule has 0 radical (unpaired) electrons. The molecule has 7 nitrogen and oxygen atoms in total. The molecule has 0 amide bonds. The van der Waals surface area contributed by atoms with Crippen molar-refractivity contribution < 1.29 is 33.0 Å². The Balaban J connectivity index is 1.40. The zero-order valence-corrected chi connectivity index (χ0v) is 34.3. The van der Waals surface area contributed by atoms with Crippen LogP contribution in [0.15, 0.2) is 8.83 Å². The topological polar surface area (TPSA) is 99.1 Å². The first-order chi connectivity index (χ1) is 25.2. The van der Waals surface area contributed by atoms with Gasteiger partial charge in [0.2, 0.25) is 0 Å². The van der Waals surface area contributed by atoms with Crippen molar-refractivity contribution in [3.8, 4) is 0 Å². The highest BCUT2D eigenvalue weighted by Gasteiger charge is 2.17. The third-order valence-corrected chi connectivity index (χ3v) is 10.8. The monoisotopic (exact) mass is 729 g/mol. The molecule has 0 unspecified atom stereocenters. The third-order valence-electron chi connectivity index (χ3n) is 10.8. The summed E-state index contributed by atoms with van der Waals surface area (Å²) in [4.78, 5) is 24.5. The molecular weight excluding hydrogens is 652 g/mol. The number of rotatable bonds is 32. The fourth-order valence-electron chi connectivity index (χ4n) is 7.01. The lowest BCUT2D eigenvalue weighted by molar-refractivity contribution is -0.161. The number of aliphatic hydroxyl groups is 1. The Morgan fingerprint density at radius 3 is 1.27 bits per heavy atom. The van der Waals surface area contributed by atoms with Crippen LogP contribution in [0.3, 0.4) is 0 Å². The van der Waals surface area contributed by atoms with Crippen molar-refractivity contribution in [3.05, 3.63) is 45.3 Å². The van der Waals surface area contributed by atoms with E-state index in [-0.39, 0.29) is 25.2 Å². The lowest BCUT2D eigenvalue weighted by Gasteiger charge is -2.15. The fraction of sp³-hybridized carbons (Fsp3) is 0.778. The first kappa shape index (κ1) is 45.6. The molecular formula is C45H76O7. The van der Waals surface area contributed by atoms with Gasteiger partial charge in [-0.3, -0.25) is 9.59 Å². The SMILES string of the molecule is CCCCCc1oc(CCCCCCCCCCC(=O)O[C@@H](CO)COC(=O)CCCCCCCCCCc2oc(CCC)c(C)c2C)c(C)c1C. The maximum Gasteiger partial charge on any atom is 0.306 e. The molecule has 7 heteroatoms. The van der Waals surface area contributed by atoms with Crippen molar-refractivity contribution in [2.45, 2.75) is 215 Å². The number of carbonyl (C=O) groups excluding carboxylic acids is 2. The van der Waals surface area contributed by atoms with E-state index < -0.39 is 6.10 Å². The molecule has 2 aromatic rings. The molecule has 0 aliphatic carbocycles. The van der Waals surface area contributed by atoms with E-state index in [9.17, 15) is 14.7 Å². The second-order valence-electron chi connectivity index (χ2n) is 15.2. The molecule has 0 fully saturated rings. The van der Waals surface area contributed by atoms with Crippen molar-refractivity contribution in [1.82, 2.24) is 0 Å². The van der Waals surface area contributed by atoms with Crippen LogP contribution < -0.4 is 0 Å². The molecule has 2 heterocycles. The number of aliphatic hydroxyl groups excluding tert-OH is 1. The fourth-order valence-corrected chi connectivity index (χ4v) is 7.01. The molecule has 0 saturated carbocycles. The summed E-state index contributed by atoms with van der Waals surface area (Å²) in [6.45, 7) is 12.8. The predicted molar refractivity (Wildman–Crippen MR) is 212 cm³/mol. The van der Waals surface area contributed by atoms with Crippen LogP contribution in [-0.4, -0.2) is 36.4 Å². The summed E-state index contributed by atoms with van der Waals surface area (Å²) in [5.41, 5.74) is 5.36. The van der Waals surface area contributed by atoms with Gasteiger partial charge in [0.15, 0.2) is 6.10 Å². The number of aryl methyl sites for hydroxylation is 4. The smallest absolute Gasteiger partial charge is 0.306 e. The molecule has 1 atom stereocenters. The van der Waals surface area contributed by atoms with Gasteiger partial charge in [-0.25, -0.2) is 0 Å². The summed E-state index contributed by atoms with van der Waals surface area (Å²) in [7, 11) is 0. The Labute approximate surface area is 317 Å². The molecule has 2 aromatic heterocycles. The van der Waals surface area contributed by atoms with Crippen LogP contribution in [-0.2, 0) is 44.7 Å². The third kappa shape index (κ3) is 18.5. The highest BCUT2D eigenvalue weighted by molar-refractivity contribution is 5.70. The molecule has 0 aliphatic rings. The average Bonchev–Trinajstić information content (AvgIpc) is 3.56. The maximum atomic E-state index is 12.3. The van der Waals surface area contributed by atoms with Crippen LogP contribution in [0.1, 0.15) is 200 Å². The van der Waals surface area contributed by atoms with Gasteiger partial charge in [0.1, 0.15) is 29.6 Å². The maximum absolute atomic E-state index is 12.3. The average molecular weight is 729 g/mol. The van der Waals surface area contributed by atoms with E-state index >= 15 is 0 Å². The van der Waals surface area contributed by atoms with Gasteiger partial charge in [0.05, 0.1) is 6.61 Å². The number of esters is 2. The van der Waals surface area contributed by atoms with Crippen LogP contribution >= 0.6 is 0 Å². The molecule has 0 aliphatic heterocycles. The van der Waals surface area contributed by atoms with E-state index in [0.29, 0.717) is 12.8 Å². The molecule has 0 spiro atoms. The molecule has 1 N–H and O–H groups in total. The second-order valence-corrected chi connectivity index (χ2v) is 15.2. The molecule has 0 aromatic carbocycles. The Morgan fingerprint density at radius 1 is 0.500 bits per heavy atom. The highest BCUT2D eigenvalue weighted by atomic mass is 16.6. The molecule has 2 rings (SSSR count). The highest BCUT2D eigenvalue weighted by Crippen LogP contribution is 2.26. The Bertz CT molecular complexity index is 1240. The van der Waals surface area contributed by atoms with Gasteiger partial charge in [0, 0.05) is 38.5 Å². The number of hydrogen-bond donors (Lipinski definition) is 1. The van der Waals surface area contributed by atoms with Gasteiger partial charge >= 0.3 is 11.9 Å². The van der Waals surface area contributed by atoms with E-state index in [1.807, 2.05) is 0 Å². The quantitative estimate of drug-likeness (QED) is 0.0591. The number of hydrogen-bond acceptors (Lipinski definition) is 7. The minimum atomic E-state index is -0.794. The zero-order chi connectivity index (χ0) is 38.0. The molecule has 0 saturated heterocycles. The first-order valence-electron chi connectivity index (χ1n) is 21.3. The van der Waals surface area contributed by atoms with Gasteiger partial charge in [-0.05, 0) is 88.5 Å². The number of carbonyl (C=O) groups is 2. The molecule has 52 heavy (non-hydrogen) atoms. The van der Waals surface area contributed by atoms with Gasteiger partial charge < -0.3 is 23.4 Å². The van der Waals surface area contributed by atoms with Crippen molar-refractivity contribution >= 4 is 11.9 Å². The van der Waals surface area contributed by atoms with E-state index in [1.165, 1.54) is 123 Å². The second kappa shape index (κ2) is 28.0. The van der Waals surface area contributed by atoms with Gasteiger partial charge in [-0.1, -0.05) is 104 Å². The van der Waals surface area contributed by atoms with Crippen molar-refractivity contribution in [3.63, 3.8) is 0 Å². The van der Waals surface area contributed by atoms with E-state index in [2.05, 4.69) is 41.5 Å². The van der Waals surface area contributed by atoms with Crippen LogP contribution in [0.5, 0.6) is 0 Å². The summed E-state index contributed by atoms with van der Waals surface area (Å²) < 4.78 is 23.0. The van der Waals surface area contributed by atoms with Crippen molar-refractivity contribution in [2.24, 2.45) is 0 Å². The number of unbranched alkanes of at least 4 members (excludes halogenated alkanes) is 16. The largest absolute Gasteiger partial charge is 0.466 e. The standard InChI is InChI=1S/C45H76O7/c1-7-9-22-28-41-37(5)38(6)43(52-41)30-24-19-15-11-13-17-21-26-32-45(48)50-39(33-46)34-49-44(47)31-25-20-16-12-10-14-18-23-29-42-36(4)35(3)40(51-42)27-8-2/h39,46H,7-34H2,1-6H3/t39-/m0/s1. The summed E-state index contributed by atoms with van der Waals surface area (Å²) in [6.07, 6.45) is 26.7. The summed E-state index contributed by atoms with van der Waals surface area (Å²) in [5.74, 6) is 4.09. The van der Waals surface area contributed by atoms with E-state index in [4.69, 9.17) is 18.3 Å². The van der Waals surface area contributed by atoms with E-state index in [0.717, 1.165) is 76.4 Å².